The van der Waals surface area contributed by atoms with E-state index in [9.17, 15) is 0 Å². The van der Waals surface area contributed by atoms with Gasteiger partial charge in [0.1, 0.15) is 0 Å². The SMILES string of the molecule is FF.FF.FF.FF.FF.FF.FF.FF.FF.FF.FF.FF.FF.[CH2-]C.[Y]. The molecule has 0 atom stereocenters. The van der Waals surface area contributed by atoms with Gasteiger partial charge in [0.2, 0.25) is 0 Å². The summed E-state index contributed by atoms with van der Waals surface area (Å²) in [7, 11) is 0. The predicted octanol–water partition coefficient (Wildman–Crippen LogP) is 11.8. The van der Waals surface area contributed by atoms with Gasteiger partial charge in [-0.1, -0.05) is 0 Å². The molecule has 199 valence electrons. The minimum atomic E-state index is 0. The van der Waals surface area contributed by atoms with Gasteiger partial charge in [-0.05, 0) is 0 Å². The molecule has 0 heterocycles. The number of hydrogen-bond acceptors (Lipinski definition) is 0. The van der Waals surface area contributed by atoms with Crippen LogP contribution in [-0.2, 0) is 32.7 Å². The summed E-state index contributed by atoms with van der Waals surface area (Å²) < 4.78 is 208. The second kappa shape index (κ2) is 36800. The molecule has 0 rings (SSSR count). The van der Waals surface area contributed by atoms with Crippen molar-refractivity contribution in [2.75, 3.05) is 0 Å². The Morgan fingerprint density at radius 1 is 0.207 bits per heavy atom. The van der Waals surface area contributed by atoms with Gasteiger partial charge >= 0.3 is 0 Å². The fraction of sp³-hybridized carbons (Fsp3) is 0.500. The molecule has 0 aliphatic carbocycles. The summed E-state index contributed by atoms with van der Waals surface area (Å²) in [5, 5.41) is 0. The Balaban J connectivity index is -0.00000000558. The van der Waals surface area contributed by atoms with E-state index in [2.05, 4.69) is 6.92 Å². The Morgan fingerprint density at radius 3 is 0.207 bits per heavy atom. The van der Waals surface area contributed by atoms with Gasteiger partial charge in [0.15, 0.2) is 0 Å². The summed E-state index contributed by atoms with van der Waals surface area (Å²) in [4.78, 5) is 0. The Morgan fingerprint density at radius 2 is 0.207 bits per heavy atom. The Hall–Kier alpha value is -0.716. The zero-order chi connectivity index (χ0) is 28.0. The molecule has 0 N–H and O–H groups in total. The van der Waals surface area contributed by atoms with Crippen molar-refractivity contribution < 1.29 is 152 Å². The average molecular weight is 612 g/mol. The molecular formula is C2H5F26Y-. The van der Waals surface area contributed by atoms with Crippen molar-refractivity contribution in [2.45, 2.75) is 6.92 Å². The number of halogens is 26. The van der Waals surface area contributed by atoms with E-state index in [-0.39, 0.29) is 32.7 Å². The van der Waals surface area contributed by atoms with Gasteiger partial charge in [-0.2, -0.15) is 6.92 Å². The minimum Gasteiger partial charge on any atom is -0.346 e. The maximum atomic E-state index is 8.00. The average Bonchev–Trinajstić information content (AvgIpc) is 2.95. The minimum absolute atomic E-state index is 0. The molecular weight excluding hydrogens is 607 g/mol. The largest absolute Gasteiger partial charge is 0.346 e. The summed E-state index contributed by atoms with van der Waals surface area (Å²) in [5.41, 5.74) is 0. The van der Waals surface area contributed by atoms with Crippen molar-refractivity contribution in [1.82, 2.24) is 0 Å². The smallest absolute Gasteiger partial charge is 0 e. The van der Waals surface area contributed by atoms with Crippen molar-refractivity contribution in [1.29, 1.82) is 0 Å². The molecule has 0 fully saturated rings. The summed E-state index contributed by atoms with van der Waals surface area (Å²) in [6, 6.07) is 0. The number of rotatable bonds is 0. The normalized spacial score (nSPS) is 2.90. The molecule has 0 saturated carbocycles. The summed E-state index contributed by atoms with van der Waals surface area (Å²) in [6.07, 6.45) is 0. The van der Waals surface area contributed by atoms with Crippen LogP contribution in [0.15, 0.2) is 0 Å². The van der Waals surface area contributed by atoms with Crippen molar-refractivity contribution in [2.24, 2.45) is 0 Å². The summed E-state index contributed by atoms with van der Waals surface area (Å²) in [6.45, 7) is 5.00. The van der Waals surface area contributed by atoms with Crippen molar-refractivity contribution in [3.05, 3.63) is 6.92 Å². The van der Waals surface area contributed by atoms with E-state index in [1.54, 1.807) is 6.92 Å². The fourth-order valence-corrected chi connectivity index (χ4v) is 0. The Labute approximate surface area is 166 Å². The Bertz CT molecular complexity index is 16.7. The number of hydrogen-bond donors (Lipinski definition) is 0. The molecule has 29 heavy (non-hydrogen) atoms. The molecule has 0 bridgehead atoms. The third-order valence-electron chi connectivity index (χ3n) is 0. The van der Waals surface area contributed by atoms with Crippen molar-refractivity contribution in [3.63, 3.8) is 0 Å². The first-order valence-electron chi connectivity index (χ1n) is 2.56. The van der Waals surface area contributed by atoms with Gasteiger partial charge in [-0.25, -0.2) is 0 Å². The molecule has 0 aromatic carbocycles. The molecule has 27 heteroatoms. The molecule has 0 aromatic rings. The molecule has 0 aliphatic rings. The van der Waals surface area contributed by atoms with Crippen LogP contribution in [0.25, 0.3) is 0 Å². The summed E-state index contributed by atoms with van der Waals surface area (Å²) in [5.74, 6) is 0. The quantitative estimate of drug-likeness (QED) is 0.189. The van der Waals surface area contributed by atoms with E-state index < -0.39 is 0 Å². The van der Waals surface area contributed by atoms with Crippen molar-refractivity contribution >= 4 is 0 Å². The van der Waals surface area contributed by atoms with E-state index in [0.29, 0.717) is 0 Å². The molecule has 0 aliphatic heterocycles. The maximum absolute atomic E-state index is 8.00. The third kappa shape index (κ3) is 34000. The standard InChI is InChI=1S/C2H5.13F2.Y/c14*1-2;/h1H2,2H3;;;;;;;;;;;;;;/q-1;;;;;;;;;;;;;;. The monoisotopic (exact) mass is 612 g/mol. The maximum Gasteiger partial charge on any atom is 0 e. The topological polar surface area (TPSA) is 0 Å². The fourth-order valence-electron chi connectivity index (χ4n) is 0. The van der Waals surface area contributed by atoms with Crippen LogP contribution in [0.4, 0.5) is 119 Å². The van der Waals surface area contributed by atoms with E-state index >= 15 is 0 Å². The second-order valence-electron chi connectivity index (χ2n) is 0. The van der Waals surface area contributed by atoms with Crippen LogP contribution in [0.3, 0.4) is 0 Å². The zero-order valence-corrected chi connectivity index (χ0v) is 14.9. The van der Waals surface area contributed by atoms with Crippen LogP contribution in [0, 0.1) is 6.92 Å². The van der Waals surface area contributed by atoms with Gasteiger partial charge in [-0.3, -0.25) is 0 Å². The second-order valence-corrected chi connectivity index (χ2v) is 0. The first-order chi connectivity index (χ1) is 14.0. The van der Waals surface area contributed by atoms with Gasteiger partial charge < -0.3 is 6.92 Å². The van der Waals surface area contributed by atoms with Crippen LogP contribution in [0.1, 0.15) is 6.92 Å². The molecule has 0 saturated heterocycles. The first-order valence-corrected chi connectivity index (χ1v) is 2.56. The molecule has 1 radical (unpaired) electrons. The van der Waals surface area contributed by atoms with Gasteiger partial charge in [0.25, 0.3) is 0 Å². The van der Waals surface area contributed by atoms with Crippen LogP contribution >= 0.6 is 0 Å². The third-order valence-corrected chi connectivity index (χ3v) is 0. The summed E-state index contributed by atoms with van der Waals surface area (Å²) >= 11 is 0. The van der Waals surface area contributed by atoms with E-state index in [1.165, 1.54) is 0 Å². The molecule has 0 aromatic heterocycles. The van der Waals surface area contributed by atoms with Gasteiger partial charge in [0.05, 0.1) is 0 Å². The predicted molar refractivity (Wildman–Crippen MR) is 39.8 cm³/mol. The van der Waals surface area contributed by atoms with Crippen LogP contribution in [0.2, 0.25) is 0 Å². The van der Waals surface area contributed by atoms with Gasteiger partial charge in [-0.15, -0.1) is 0 Å². The first kappa shape index (κ1) is 119. The molecule has 0 amide bonds. The van der Waals surface area contributed by atoms with Gasteiger partial charge in [0, 0.05) is 152 Å². The molecule has 0 nitrogen and oxygen atoms in total. The molecule has 0 spiro atoms. The zero-order valence-electron chi connectivity index (χ0n) is 12.1. The van der Waals surface area contributed by atoms with Crippen LogP contribution in [-0.4, -0.2) is 0 Å². The van der Waals surface area contributed by atoms with Crippen LogP contribution < -0.4 is 0 Å². The van der Waals surface area contributed by atoms with E-state index in [4.69, 9.17) is 119 Å². The van der Waals surface area contributed by atoms with Crippen molar-refractivity contribution in [3.8, 4) is 0 Å². The van der Waals surface area contributed by atoms with E-state index in [1.807, 2.05) is 0 Å². The Kier molecular flexibility index (Phi) is 151000. The molecule has 0 unspecified atom stereocenters. The van der Waals surface area contributed by atoms with E-state index in [0.717, 1.165) is 0 Å². The van der Waals surface area contributed by atoms with Crippen LogP contribution in [0.5, 0.6) is 0 Å².